The van der Waals surface area contributed by atoms with Gasteiger partial charge in [0.25, 0.3) is 0 Å². The second-order valence-electron chi connectivity index (χ2n) is 3.07. The summed E-state index contributed by atoms with van der Waals surface area (Å²) in [6.45, 7) is 1.95. The Hall–Kier alpha value is -0.990. The summed E-state index contributed by atoms with van der Waals surface area (Å²) in [6, 6.07) is 5.92. The molecule has 0 saturated carbocycles. The molecule has 0 spiro atoms. The van der Waals surface area contributed by atoms with Gasteiger partial charge in [0.1, 0.15) is 0 Å². The fraction of sp³-hybridized carbons (Fsp3) is 0.200. The maximum Gasteiger partial charge on any atom is 0.0846 e. The number of hydrogen-bond acceptors (Lipinski definition) is 1. The van der Waals surface area contributed by atoms with Crippen molar-refractivity contribution in [2.75, 3.05) is 0 Å². The van der Waals surface area contributed by atoms with E-state index in [1.165, 1.54) is 0 Å². The Morgan fingerprint density at radius 3 is 2.85 bits per heavy atom. The average molecular weight is 196 g/mol. The van der Waals surface area contributed by atoms with E-state index in [-0.39, 0.29) is 6.61 Å². The predicted octanol–water partition coefficient (Wildman–Crippen LogP) is 2.62. The third kappa shape index (κ3) is 1.23. The lowest BCUT2D eigenvalue weighted by molar-refractivity contribution is 0.278. The lowest BCUT2D eigenvalue weighted by atomic mass is 10.1. The molecule has 3 heteroatoms. The third-order valence-electron chi connectivity index (χ3n) is 2.20. The molecule has 2 aromatic rings. The van der Waals surface area contributed by atoms with Gasteiger partial charge in [-0.15, -0.1) is 0 Å². The van der Waals surface area contributed by atoms with Gasteiger partial charge in [0.15, 0.2) is 0 Å². The number of fused-ring (bicyclic) bond motifs is 1. The zero-order chi connectivity index (χ0) is 9.42. The predicted molar refractivity (Wildman–Crippen MR) is 54.0 cm³/mol. The molecule has 0 fully saturated rings. The normalized spacial score (nSPS) is 11.0. The molecule has 2 N–H and O–H groups in total. The van der Waals surface area contributed by atoms with E-state index in [0.717, 1.165) is 16.5 Å². The summed E-state index contributed by atoms with van der Waals surface area (Å²) in [5, 5.41) is 10.6. The molecule has 0 amide bonds. The van der Waals surface area contributed by atoms with Crippen molar-refractivity contribution in [3.05, 3.63) is 34.5 Å². The van der Waals surface area contributed by atoms with Crippen LogP contribution in [0.25, 0.3) is 10.9 Å². The molecule has 1 aromatic carbocycles. The quantitative estimate of drug-likeness (QED) is 0.721. The highest BCUT2D eigenvalue weighted by Gasteiger charge is 2.09. The molecule has 13 heavy (non-hydrogen) atoms. The monoisotopic (exact) mass is 195 g/mol. The average Bonchev–Trinajstić information content (AvgIpc) is 2.44. The van der Waals surface area contributed by atoms with Gasteiger partial charge in [0.2, 0.25) is 0 Å². The van der Waals surface area contributed by atoms with Crippen LogP contribution in [0, 0.1) is 6.92 Å². The molecule has 68 valence electrons. The summed E-state index contributed by atoms with van der Waals surface area (Å²) in [7, 11) is 0. The van der Waals surface area contributed by atoms with Crippen LogP contribution < -0.4 is 0 Å². The van der Waals surface area contributed by atoms with Gasteiger partial charge in [-0.25, -0.2) is 0 Å². The Morgan fingerprint density at radius 1 is 1.46 bits per heavy atom. The van der Waals surface area contributed by atoms with E-state index in [0.29, 0.717) is 10.7 Å². The van der Waals surface area contributed by atoms with Gasteiger partial charge in [-0.1, -0.05) is 23.7 Å². The molecule has 0 aliphatic carbocycles. The van der Waals surface area contributed by atoms with E-state index >= 15 is 0 Å². The first-order valence-corrected chi connectivity index (χ1v) is 4.48. The van der Waals surface area contributed by atoms with Gasteiger partial charge in [-0.2, -0.15) is 0 Å². The van der Waals surface area contributed by atoms with Crippen LogP contribution in [0.1, 0.15) is 11.3 Å². The standard InChI is InChI=1S/C10H10ClNO/c1-6-3-2-4-7-9(6)10(11)8(5-13)12-7/h2-4,12-13H,5H2,1H3. The molecule has 0 bridgehead atoms. The van der Waals surface area contributed by atoms with Gasteiger partial charge in [0, 0.05) is 10.9 Å². The maximum atomic E-state index is 8.99. The van der Waals surface area contributed by atoms with E-state index in [1.54, 1.807) is 0 Å². The highest BCUT2D eigenvalue weighted by molar-refractivity contribution is 6.36. The van der Waals surface area contributed by atoms with Crippen LogP contribution >= 0.6 is 11.6 Å². The smallest absolute Gasteiger partial charge is 0.0846 e. The van der Waals surface area contributed by atoms with Crippen LogP contribution in [0.2, 0.25) is 5.02 Å². The molecule has 1 heterocycles. The number of nitrogens with one attached hydrogen (secondary N) is 1. The van der Waals surface area contributed by atoms with E-state index in [9.17, 15) is 0 Å². The maximum absolute atomic E-state index is 8.99. The summed E-state index contributed by atoms with van der Waals surface area (Å²) in [5.41, 5.74) is 2.79. The number of hydrogen-bond donors (Lipinski definition) is 2. The zero-order valence-electron chi connectivity index (χ0n) is 7.26. The van der Waals surface area contributed by atoms with Crippen LogP contribution in [0.15, 0.2) is 18.2 Å². The number of aromatic nitrogens is 1. The van der Waals surface area contributed by atoms with Crippen molar-refractivity contribution in [2.45, 2.75) is 13.5 Å². The van der Waals surface area contributed by atoms with E-state index in [1.807, 2.05) is 25.1 Å². The minimum Gasteiger partial charge on any atom is -0.390 e. The number of aromatic amines is 1. The van der Waals surface area contributed by atoms with Gasteiger partial charge >= 0.3 is 0 Å². The number of rotatable bonds is 1. The molecule has 2 rings (SSSR count). The molecule has 0 atom stereocenters. The summed E-state index contributed by atoms with van der Waals surface area (Å²) >= 11 is 6.07. The highest BCUT2D eigenvalue weighted by Crippen LogP contribution is 2.29. The molecule has 2 nitrogen and oxygen atoms in total. The van der Waals surface area contributed by atoms with E-state index in [2.05, 4.69) is 4.98 Å². The molecule has 0 aliphatic heterocycles. The van der Waals surface area contributed by atoms with Crippen molar-refractivity contribution < 1.29 is 5.11 Å². The van der Waals surface area contributed by atoms with Crippen LogP contribution in [0.3, 0.4) is 0 Å². The number of aliphatic hydroxyl groups is 1. The van der Waals surface area contributed by atoms with E-state index < -0.39 is 0 Å². The van der Waals surface area contributed by atoms with Crippen molar-refractivity contribution in [1.29, 1.82) is 0 Å². The van der Waals surface area contributed by atoms with Gasteiger partial charge < -0.3 is 10.1 Å². The van der Waals surface area contributed by atoms with Crippen molar-refractivity contribution >= 4 is 22.5 Å². The third-order valence-corrected chi connectivity index (χ3v) is 2.62. The zero-order valence-corrected chi connectivity index (χ0v) is 8.02. The number of aliphatic hydroxyl groups excluding tert-OH is 1. The largest absolute Gasteiger partial charge is 0.390 e. The van der Waals surface area contributed by atoms with Gasteiger partial charge in [-0.05, 0) is 18.6 Å². The van der Waals surface area contributed by atoms with Gasteiger partial charge in [0.05, 0.1) is 17.3 Å². The Labute approximate surface area is 81.1 Å². The lowest BCUT2D eigenvalue weighted by Gasteiger charge is -1.94. The highest BCUT2D eigenvalue weighted by atomic mass is 35.5. The summed E-state index contributed by atoms with van der Waals surface area (Å²) in [6.07, 6.45) is 0. The lowest BCUT2D eigenvalue weighted by Crippen LogP contribution is -1.81. The van der Waals surface area contributed by atoms with Crippen LogP contribution in [0.5, 0.6) is 0 Å². The number of halogens is 1. The Morgan fingerprint density at radius 2 is 2.23 bits per heavy atom. The SMILES string of the molecule is Cc1cccc2[nH]c(CO)c(Cl)c12. The first kappa shape index (κ1) is 8.60. The Balaban J connectivity index is 2.85. The van der Waals surface area contributed by atoms with Crippen molar-refractivity contribution in [3.8, 4) is 0 Å². The van der Waals surface area contributed by atoms with Crippen LogP contribution in [-0.4, -0.2) is 10.1 Å². The number of benzene rings is 1. The molecule has 0 saturated heterocycles. The molecule has 0 radical (unpaired) electrons. The second kappa shape index (κ2) is 3.05. The summed E-state index contributed by atoms with van der Waals surface area (Å²) in [5.74, 6) is 0. The molecule has 1 aromatic heterocycles. The fourth-order valence-corrected chi connectivity index (χ4v) is 1.90. The fourth-order valence-electron chi connectivity index (χ4n) is 1.54. The van der Waals surface area contributed by atoms with Crippen LogP contribution in [-0.2, 0) is 6.61 Å². The minimum absolute atomic E-state index is 0.0487. The molecule has 0 unspecified atom stereocenters. The van der Waals surface area contributed by atoms with Crippen molar-refractivity contribution in [3.63, 3.8) is 0 Å². The molecule has 0 aliphatic rings. The Kier molecular flexibility index (Phi) is 2.02. The summed E-state index contributed by atoms with van der Waals surface area (Å²) in [4.78, 5) is 3.07. The van der Waals surface area contributed by atoms with Crippen molar-refractivity contribution in [1.82, 2.24) is 4.98 Å². The number of aryl methyl sites for hydroxylation is 1. The summed E-state index contributed by atoms with van der Waals surface area (Å²) < 4.78 is 0. The molecular weight excluding hydrogens is 186 g/mol. The van der Waals surface area contributed by atoms with Gasteiger partial charge in [-0.3, -0.25) is 0 Å². The number of H-pyrrole nitrogens is 1. The Bertz CT molecular complexity index is 447. The molecular formula is C10H10ClNO. The first-order valence-electron chi connectivity index (χ1n) is 4.10. The van der Waals surface area contributed by atoms with Crippen LogP contribution in [0.4, 0.5) is 0 Å². The van der Waals surface area contributed by atoms with Crippen molar-refractivity contribution in [2.24, 2.45) is 0 Å². The minimum atomic E-state index is -0.0487. The topological polar surface area (TPSA) is 36.0 Å². The first-order chi connectivity index (χ1) is 6.24. The van der Waals surface area contributed by atoms with E-state index in [4.69, 9.17) is 16.7 Å². The second-order valence-corrected chi connectivity index (χ2v) is 3.45.